The molecule has 3 fully saturated rings. The fourth-order valence-electron chi connectivity index (χ4n) is 9.29. The molecule has 0 aliphatic heterocycles. The number of carbonyl (C=O) groups is 5. The first kappa shape index (κ1) is 34.9. The minimum absolute atomic E-state index is 0.0150. The highest BCUT2D eigenvalue weighted by Gasteiger charge is 2.68. The SMILES string of the molecule is CCOC(=O)C(NC(=O)CCC(=O)OCC(=O)[C@@]1(O)CCC2C3CCC4=CC(=O)CC[C@]4(C)C3C(O)C[C@@]21C)C(O)c1ccccc1. The van der Waals surface area contributed by atoms with Gasteiger partial charge in [0.1, 0.15) is 11.7 Å². The molecule has 6 unspecified atom stereocenters. The van der Waals surface area contributed by atoms with Crippen molar-refractivity contribution < 1.29 is 48.8 Å². The summed E-state index contributed by atoms with van der Waals surface area (Å²) in [6.07, 6.45) is 2.55. The largest absolute Gasteiger partial charge is 0.464 e. The lowest BCUT2D eigenvalue weighted by Crippen LogP contribution is -2.62. The molecule has 0 bridgehead atoms. The second-order valence-electron chi connectivity index (χ2n) is 14.2. The van der Waals surface area contributed by atoms with Gasteiger partial charge in [0, 0.05) is 18.3 Å². The number of hydrogen-bond donors (Lipinski definition) is 4. The fourth-order valence-corrected chi connectivity index (χ4v) is 9.29. The molecule has 4 aliphatic carbocycles. The molecule has 4 N–H and O–H groups in total. The van der Waals surface area contributed by atoms with E-state index in [9.17, 15) is 39.3 Å². The van der Waals surface area contributed by atoms with Crippen molar-refractivity contribution in [2.75, 3.05) is 13.2 Å². The number of fused-ring (bicyclic) bond motifs is 5. The van der Waals surface area contributed by atoms with Gasteiger partial charge >= 0.3 is 11.9 Å². The molecule has 0 saturated heterocycles. The van der Waals surface area contributed by atoms with E-state index < -0.39 is 65.9 Å². The van der Waals surface area contributed by atoms with Crippen LogP contribution in [0.3, 0.4) is 0 Å². The minimum Gasteiger partial charge on any atom is -0.464 e. The molecule has 0 spiro atoms. The van der Waals surface area contributed by atoms with Gasteiger partial charge in [-0.1, -0.05) is 49.8 Å². The van der Waals surface area contributed by atoms with E-state index in [1.165, 1.54) is 0 Å². The molecule has 0 aromatic heterocycles. The van der Waals surface area contributed by atoms with Gasteiger partial charge in [-0.3, -0.25) is 19.2 Å². The first-order valence-electron chi connectivity index (χ1n) is 16.8. The maximum Gasteiger partial charge on any atom is 0.331 e. The summed E-state index contributed by atoms with van der Waals surface area (Å²) in [7, 11) is 0. The third kappa shape index (κ3) is 6.41. The summed E-state index contributed by atoms with van der Waals surface area (Å²) in [6.45, 7) is 4.97. The topological polar surface area (TPSA) is 177 Å². The summed E-state index contributed by atoms with van der Waals surface area (Å²) in [4.78, 5) is 63.5. The average Bonchev–Trinajstić information content (AvgIpc) is 3.32. The molecule has 0 heterocycles. The molecular formula is C36H47NO10. The number of ketones is 2. The molecule has 11 heteroatoms. The minimum atomic E-state index is -1.79. The molecule has 1 aromatic rings. The quantitative estimate of drug-likeness (QED) is 0.260. The Balaban J connectivity index is 1.17. The average molecular weight is 654 g/mol. The van der Waals surface area contributed by atoms with Gasteiger partial charge in [-0.05, 0) is 80.3 Å². The van der Waals surface area contributed by atoms with E-state index in [0.29, 0.717) is 24.8 Å². The lowest BCUT2D eigenvalue weighted by molar-refractivity contribution is -0.184. The zero-order chi connectivity index (χ0) is 34.1. The number of aliphatic hydroxyl groups is 3. The van der Waals surface area contributed by atoms with Crippen LogP contribution in [0.25, 0.3) is 0 Å². The number of amides is 1. The molecule has 256 valence electrons. The van der Waals surface area contributed by atoms with E-state index in [1.54, 1.807) is 43.3 Å². The van der Waals surface area contributed by atoms with E-state index in [-0.39, 0.29) is 54.8 Å². The Morgan fingerprint density at radius 2 is 1.74 bits per heavy atom. The molecular weight excluding hydrogens is 606 g/mol. The number of rotatable bonds is 11. The molecule has 3 saturated carbocycles. The number of esters is 2. The van der Waals surface area contributed by atoms with Gasteiger partial charge in [-0.25, -0.2) is 4.79 Å². The van der Waals surface area contributed by atoms with Crippen LogP contribution in [0.2, 0.25) is 0 Å². The zero-order valence-corrected chi connectivity index (χ0v) is 27.4. The Labute approximate surface area is 275 Å². The molecule has 1 amide bonds. The highest BCUT2D eigenvalue weighted by atomic mass is 16.5. The first-order chi connectivity index (χ1) is 22.2. The highest BCUT2D eigenvalue weighted by Crippen LogP contribution is 2.67. The van der Waals surface area contributed by atoms with Gasteiger partial charge < -0.3 is 30.1 Å². The predicted octanol–water partition coefficient (Wildman–Crippen LogP) is 2.89. The summed E-state index contributed by atoms with van der Waals surface area (Å²) in [6, 6.07) is 6.92. The van der Waals surface area contributed by atoms with Crippen molar-refractivity contribution in [2.45, 2.75) is 102 Å². The lowest BCUT2D eigenvalue weighted by atomic mass is 9.45. The summed E-state index contributed by atoms with van der Waals surface area (Å²) in [5.74, 6) is -2.85. The van der Waals surface area contributed by atoms with E-state index in [2.05, 4.69) is 12.2 Å². The molecule has 0 radical (unpaired) electrons. The van der Waals surface area contributed by atoms with Gasteiger partial charge in [0.05, 0.1) is 19.1 Å². The number of ether oxygens (including phenoxy) is 2. The molecule has 5 rings (SSSR count). The Bertz CT molecular complexity index is 1430. The Morgan fingerprint density at radius 1 is 1.02 bits per heavy atom. The van der Waals surface area contributed by atoms with Crippen molar-refractivity contribution in [3.8, 4) is 0 Å². The molecule has 9 atom stereocenters. The number of benzene rings is 1. The smallest absolute Gasteiger partial charge is 0.331 e. The van der Waals surface area contributed by atoms with Crippen LogP contribution in [0, 0.1) is 28.6 Å². The standard InChI is InChI=1S/C36H47NO10/c1-4-46-33(44)31(32(43)21-8-6-5-7-9-21)37-28(41)12-13-29(42)47-20-27(40)36(45)17-15-25-24-11-10-22-18-23(38)14-16-34(22,2)30(24)26(39)19-35(25,36)3/h5-9,18,24-26,30-32,39,43,45H,4,10-17,19-20H2,1-3H3,(H,37,41)/t24?,25?,26?,30?,31?,32?,34-,35-,36-/m0/s1. The van der Waals surface area contributed by atoms with Crippen LogP contribution in [-0.2, 0) is 33.4 Å². The van der Waals surface area contributed by atoms with Crippen molar-refractivity contribution in [3.05, 3.63) is 47.5 Å². The van der Waals surface area contributed by atoms with E-state index in [4.69, 9.17) is 9.47 Å². The molecule has 4 aliphatic rings. The first-order valence-corrected chi connectivity index (χ1v) is 16.8. The summed E-state index contributed by atoms with van der Waals surface area (Å²) < 4.78 is 10.2. The van der Waals surface area contributed by atoms with Crippen molar-refractivity contribution in [1.29, 1.82) is 0 Å². The number of carbonyl (C=O) groups excluding carboxylic acids is 5. The van der Waals surface area contributed by atoms with Gasteiger partial charge in [0.2, 0.25) is 11.7 Å². The number of aliphatic hydroxyl groups excluding tert-OH is 2. The van der Waals surface area contributed by atoms with Crippen LogP contribution >= 0.6 is 0 Å². The second-order valence-corrected chi connectivity index (χ2v) is 14.2. The maximum atomic E-state index is 13.5. The second kappa shape index (κ2) is 13.6. The van der Waals surface area contributed by atoms with E-state index >= 15 is 0 Å². The Kier molecular flexibility index (Phi) is 10.1. The number of Topliss-reactive ketones (excluding diaryl/α,β-unsaturated/α-hetero) is 1. The molecule has 1 aromatic carbocycles. The maximum absolute atomic E-state index is 13.5. The van der Waals surface area contributed by atoms with Crippen LogP contribution in [0.4, 0.5) is 0 Å². The van der Waals surface area contributed by atoms with Crippen LogP contribution in [-0.4, -0.2) is 75.7 Å². The van der Waals surface area contributed by atoms with E-state index in [0.717, 1.165) is 18.4 Å². The molecule has 11 nitrogen and oxygen atoms in total. The Hall–Kier alpha value is -3.41. The molecule has 47 heavy (non-hydrogen) atoms. The zero-order valence-electron chi connectivity index (χ0n) is 27.4. The van der Waals surface area contributed by atoms with Crippen molar-refractivity contribution in [2.24, 2.45) is 28.6 Å². The van der Waals surface area contributed by atoms with Crippen LogP contribution in [0.1, 0.15) is 90.2 Å². The van der Waals surface area contributed by atoms with Crippen LogP contribution < -0.4 is 5.32 Å². The van der Waals surface area contributed by atoms with Gasteiger partial charge in [0.25, 0.3) is 0 Å². The van der Waals surface area contributed by atoms with Crippen LogP contribution in [0.5, 0.6) is 0 Å². The third-order valence-corrected chi connectivity index (χ3v) is 11.7. The predicted molar refractivity (Wildman–Crippen MR) is 168 cm³/mol. The Morgan fingerprint density at radius 3 is 2.45 bits per heavy atom. The van der Waals surface area contributed by atoms with Gasteiger partial charge in [0.15, 0.2) is 18.4 Å². The summed E-state index contributed by atoms with van der Waals surface area (Å²) in [5, 5.41) is 36.6. The fraction of sp³-hybridized carbons (Fsp3) is 0.639. The number of nitrogens with one attached hydrogen (secondary N) is 1. The van der Waals surface area contributed by atoms with Crippen molar-refractivity contribution in [3.63, 3.8) is 0 Å². The van der Waals surface area contributed by atoms with Crippen LogP contribution in [0.15, 0.2) is 42.0 Å². The monoisotopic (exact) mass is 653 g/mol. The third-order valence-electron chi connectivity index (χ3n) is 11.7. The van der Waals surface area contributed by atoms with Crippen molar-refractivity contribution in [1.82, 2.24) is 5.32 Å². The van der Waals surface area contributed by atoms with Gasteiger partial charge in [-0.2, -0.15) is 0 Å². The van der Waals surface area contributed by atoms with Crippen molar-refractivity contribution >= 4 is 29.4 Å². The summed E-state index contributed by atoms with van der Waals surface area (Å²) >= 11 is 0. The van der Waals surface area contributed by atoms with E-state index in [1.807, 2.05) is 6.92 Å². The highest BCUT2D eigenvalue weighted by molar-refractivity contribution is 5.92. The number of allylic oxidation sites excluding steroid dienone is 1. The normalized spacial score (nSPS) is 34.1. The number of hydrogen-bond acceptors (Lipinski definition) is 10. The van der Waals surface area contributed by atoms with Gasteiger partial charge in [-0.15, -0.1) is 0 Å². The summed E-state index contributed by atoms with van der Waals surface area (Å²) in [5.41, 5.74) is -1.50. The lowest BCUT2D eigenvalue weighted by Gasteiger charge is -2.60.